The number of nitrogens with two attached hydrogens (primary N) is 1. The fourth-order valence-corrected chi connectivity index (χ4v) is 3.16. The highest BCUT2D eigenvalue weighted by atomic mass is 79.9. The van der Waals surface area contributed by atoms with E-state index in [0.717, 1.165) is 34.4 Å². The summed E-state index contributed by atoms with van der Waals surface area (Å²) in [7, 11) is 0. The molecular weight excluding hydrogens is 340 g/mol. The van der Waals surface area contributed by atoms with Crippen molar-refractivity contribution in [1.82, 2.24) is 5.43 Å². The Kier molecular flexibility index (Phi) is 3.98. The van der Waals surface area contributed by atoms with Crippen LogP contribution in [0.5, 0.6) is 5.75 Å². The quantitative estimate of drug-likeness (QED) is 0.655. The van der Waals surface area contributed by atoms with E-state index in [2.05, 4.69) is 27.4 Å². The van der Waals surface area contributed by atoms with Gasteiger partial charge in [-0.1, -0.05) is 45.7 Å². The van der Waals surface area contributed by atoms with Gasteiger partial charge in [-0.3, -0.25) is 5.84 Å². The molecule has 5 heteroatoms. The zero-order chi connectivity index (χ0) is 14.1. The van der Waals surface area contributed by atoms with Crippen molar-refractivity contribution in [3.8, 4) is 5.75 Å². The molecule has 0 spiro atoms. The maximum atomic E-state index is 6.31. The molecule has 0 saturated heterocycles. The molecule has 1 unspecified atom stereocenters. The van der Waals surface area contributed by atoms with Crippen LogP contribution >= 0.6 is 27.5 Å². The van der Waals surface area contributed by atoms with Crippen molar-refractivity contribution in [3.05, 3.63) is 62.6 Å². The van der Waals surface area contributed by atoms with Crippen LogP contribution in [0.1, 0.15) is 22.7 Å². The van der Waals surface area contributed by atoms with Gasteiger partial charge in [0.15, 0.2) is 0 Å². The molecule has 1 aliphatic rings. The topological polar surface area (TPSA) is 47.3 Å². The van der Waals surface area contributed by atoms with Crippen molar-refractivity contribution in [2.45, 2.75) is 12.5 Å². The lowest BCUT2D eigenvalue weighted by Crippen LogP contribution is -2.29. The maximum absolute atomic E-state index is 6.31. The molecule has 0 radical (unpaired) electrons. The lowest BCUT2D eigenvalue weighted by atomic mass is 9.96. The summed E-state index contributed by atoms with van der Waals surface area (Å²) >= 11 is 9.78. The lowest BCUT2D eigenvalue weighted by molar-refractivity contribution is 0.350. The second kappa shape index (κ2) is 5.74. The van der Waals surface area contributed by atoms with Crippen LogP contribution < -0.4 is 16.0 Å². The minimum Gasteiger partial charge on any atom is -0.493 e. The Morgan fingerprint density at radius 1 is 1.25 bits per heavy atom. The van der Waals surface area contributed by atoms with Gasteiger partial charge in [0, 0.05) is 21.5 Å². The highest BCUT2D eigenvalue weighted by Gasteiger charge is 2.24. The summed E-state index contributed by atoms with van der Waals surface area (Å²) in [4.78, 5) is 0. The van der Waals surface area contributed by atoms with Gasteiger partial charge in [0.25, 0.3) is 0 Å². The first-order valence-electron chi connectivity index (χ1n) is 6.36. The van der Waals surface area contributed by atoms with Gasteiger partial charge in [0.2, 0.25) is 0 Å². The molecule has 3 N–H and O–H groups in total. The number of halogens is 2. The number of hydrazine groups is 1. The Balaban J connectivity index is 2.11. The minimum absolute atomic E-state index is 0.201. The van der Waals surface area contributed by atoms with Gasteiger partial charge >= 0.3 is 0 Å². The summed E-state index contributed by atoms with van der Waals surface area (Å²) in [5.41, 5.74) is 6.00. The van der Waals surface area contributed by atoms with E-state index in [1.807, 2.05) is 30.3 Å². The third kappa shape index (κ3) is 2.44. The summed E-state index contributed by atoms with van der Waals surface area (Å²) in [6.07, 6.45) is 0.937. The Morgan fingerprint density at radius 2 is 2.10 bits per heavy atom. The van der Waals surface area contributed by atoms with E-state index in [-0.39, 0.29) is 6.04 Å². The zero-order valence-corrected chi connectivity index (χ0v) is 13.0. The zero-order valence-electron chi connectivity index (χ0n) is 10.7. The van der Waals surface area contributed by atoms with Gasteiger partial charge in [-0.25, -0.2) is 5.43 Å². The van der Waals surface area contributed by atoms with Gasteiger partial charge < -0.3 is 4.74 Å². The van der Waals surface area contributed by atoms with E-state index in [9.17, 15) is 0 Å². The van der Waals surface area contributed by atoms with Gasteiger partial charge in [-0.05, 0) is 29.3 Å². The molecule has 2 aromatic rings. The molecule has 0 aromatic heterocycles. The van der Waals surface area contributed by atoms with E-state index in [1.54, 1.807) is 0 Å². The van der Waals surface area contributed by atoms with Crippen molar-refractivity contribution >= 4 is 27.5 Å². The average molecular weight is 354 g/mol. The molecule has 20 heavy (non-hydrogen) atoms. The van der Waals surface area contributed by atoms with Crippen molar-refractivity contribution in [2.24, 2.45) is 5.84 Å². The first kappa shape index (κ1) is 13.9. The average Bonchev–Trinajstić information content (AvgIpc) is 2.92. The molecule has 104 valence electrons. The van der Waals surface area contributed by atoms with Crippen molar-refractivity contribution < 1.29 is 4.74 Å². The molecule has 0 saturated carbocycles. The maximum Gasteiger partial charge on any atom is 0.127 e. The highest BCUT2D eigenvalue weighted by Crippen LogP contribution is 2.38. The van der Waals surface area contributed by atoms with Crippen molar-refractivity contribution in [2.75, 3.05) is 6.61 Å². The first-order chi connectivity index (χ1) is 9.70. The number of benzene rings is 2. The number of fused-ring (bicyclic) bond motifs is 1. The molecule has 1 heterocycles. The largest absolute Gasteiger partial charge is 0.493 e. The number of ether oxygens (including phenoxy) is 1. The number of rotatable bonds is 3. The Hall–Kier alpha value is -1.07. The minimum atomic E-state index is -0.201. The van der Waals surface area contributed by atoms with Crippen LogP contribution in [-0.4, -0.2) is 6.61 Å². The summed E-state index contributed by atoms with van der Waals surface area (Å²) in [6.45, 7) is 0.718. The highest BCUT2D eigenvalue weighted by molar-refractivity contribution is 9.10. The Morgan fingerprint density at radius 3 is 2.90 bits per heavy atom. The van der Waals surface area contributed by atoms with E-state index in [4.69, 9.17) is 22.2 Å². The van der Waals surface area contributed by atoms with Crippen molar-refractivity contribution in [1.29, 1.82) is 0 Å². The molecule has 3 rings (SSSR count). The Labute approximate surface area is 131 Å². The van der Waals surface area contributed by atoms with Gasteiger partial charge in [-0.15, -0.1) is 0 Å². The Bertz CT molecular complexity index is 648. The summed E-state index contributed by atoms with van der Waals surface area (Å²) in [5.74, 6) is 6.69. The monoisotopic (exact) mass is 352 g/mol. The van der Waals surface area contributed by atoms with Crippen LogP contribution in [-0.2, 0) is 6.42 Å². The molecule has 3 nitrogen and oxygen atoms in total. The van der Waals surface area contributed by atoms with Crippen LogP contribution in [0.3, 0.4) is 0 Å². The smallest absolute Gasteiger partial charge is 0.127 e. The number of nitrogens with one attached hydrogen (secondary N) is 1. The fourth-order valence-electron chi connectivity index (χ4n) is 2.55. The van der Waals surface area contributed by atoms with Crippen LogP contribution in [0, 0.1) is 0 Å². The van der Waals surface area contributed by atoms with E-state index in [0.29, 0.717) is 5.02 Å². The SMILES string of the molecule is NNC(c1cc(Br)ccc1Cl)c1cccc2c1OCC2. The molecule has 0 aliphatic carbocycles. The third-order valence-corrected chi connectivity index (χ3v) is 4.33. The molecule has 1 atom stereocenters. The summed E-state index contributed by atoms with van der Waals surface area (Å²) in [6, 6.07) is 11.7. The standard InChI is InChI=1S/C15H14BrClN2O/c16-10-4-5-13(17)12(8-10)14(19-18)11-3-1-2-9-6-7-20-15(9)11/h1-5,8,14,19H,6-7,18H2. The second-order valence-corrected chi connectivity index (χ2v) is 6.02. The van der Waals surface area contributed by atoms with E-state index >= 15 is 0 Å². The van der Waals surface area contributed by atoms with Crippen LogP contribution in [0.25, 0.3) is 0 Å². The lowest BCUT2D eigenvalue weighted by Gasteiger charge is -2.20. The summed E-state index contributed by atoms with van der Waals surface area (Å²) < 4.78 is 6.72. The molecule has 0 amide bonds. The molecule has 1 aliphatic heterocycles. The fraction of sp³-hybridized carbons (Fsp3) is 0.200. The first-order valence-corrected chi connectivity index (χ1v) is 7.53. The molecule has 0 fully saturated rings. The van der Waals surface area contributed by atoms with E-state index < -0.39 is 0 Å². The predicted molar refractivity (Wildman–Crippen MR) is 84.0 cm³/mol. The van der Waals surface area contributed by atoms with Crippen LogP contribution in [0.15, 0.2) is 40.9 Å². The summed E-state index contributed by atoms with van der Waals surface area (Å²) in [5, 5.41) is 0.673. The van der Waals surface area contributed by atoms with Gasteiger partial charge in [-0.2, -0.15) is 0 Å². The van der Waals surface area contributed by atoms with Crippen molar-refractivity contribution in [3.63, 3.8) is 0 Å². The van der Waals surface area contributed by atoms with Crippen LogP contribution in [0.4, 0.5) is 0 Å². The number of hydrogen-bond donors (Lipinski definition) is 2. The second-order valence-electron chi connectivity index (χ2n) is 4.70. The number of hydrogen-bond acceptors (Lipinski definition) is 3. The normalized spacial score (nSPS) is 14.8. The number of para-hydroxylation sites is 1. The third-order valence-electron chi connectivity index (χ3n) is 3.49. The molecule has 0 bridgehead atoms. The predicted octanol–water partition coefficient (Wildman–Crippen LogP) is 3.59. The van der Waals surface area contributed by atoms with E-state index in [1.165, 1.54) is 5.56 Å². The van der Waals surface area contributed by atoms with Gasteiger partial charge in [0.1, 0.15) is 5.75 Å². The van der Waals surface area contributed by atoms with Gasteiger partial charge in [0.05, 0.1) is 12.6 Å². The molecular formula is C15H14BrClN2O. The molecule has 2 aromatic carbocycles. The van der Waals surface area contributed by atoms with Crippen LogP contribution in [0.2, 0.25) is 5.02 Å².